The van der Waals surface area contributed by atoms with E-state index in [1.165, 1.54) is 0 Å². The van der Waals surface area contributed by atoms with E-state index in [4.69, 9.17) is 10.00 Å². The van der Waals surface area contributed by atoms with Crippen LogP contribution in [0.2, 0.25) is 0 Å². The van der Waals surface area contributed by atoms with Gasteiger partial charge in [-0.15, -0.1) is 0 Å². The lowest BCUT2D eigenvalue weighted by Crippen LogP contribution is -2.07. The summed E-state index contributed by atoms with van der Waals surface area (Å²) in [5.74, 6) is -0.523. The zero-order valence-electron chi connectivity index (χ0n) is 10.9. The summed E-state index contributed by atoms with van der Waals surface area (Å²) in [6, 6.07) is 9.13. The number of nitrogens with zero attached hydrogens (tertiary/aromatic N) is 2. The van der Waals surface area contributed by atoms with Crippen molar-refractivity contribution in [3.05, 3.63) is 35.8 Å². The molecule has 0 spiro atoms. The van der Waals surface area contributed by atoms with Crippen molar-refractivity contribution in [2.75, 3.05) is 6.61 Å². The van der Waals surface area contributed by atoms with Crippen molar-refractivity contribution in [2.24, 2.45) is 0 Å². The summed E-state index contributed by atoms with van der Waals surface area (Å²) in [7, 11) is 0. The molecule has 20 heavy (non-hydrogen) atoms. The number of benzene rings is 1. The standard InChI is InChI=1S/C14H13N3O3/c1-2-13(19)20-8-12(18)9(7-15)14-16-10-5-3-4-6-11(10)17-14/h3-6,18H,2,8H2,1H3,(H,16,17)/b12-9-. The Morgan fingerprint density at radius 1 is 1.50 bits per heavy atom. The summed E-state index contributed by atoms with van der Waals surface area (Å²) in [6.45, 7) is 1.31. The van der Waals surface area contributed by atoms with E-state index in [-0.39, 0.29) is 30.2 Å². The summed E-state index contributed by atoms with van der Waals surface area (Å²) in [6.07, 6.45) is 0.208. The fourth-order valence-corrected chi connectivity index (χ4v) is 1.65. The van der Waals surface area contributed by atoms with Crippen LogP contribution < -0.4 is 0 Å². The van der Waals surface area contributed by atoms with Crippen molar-refractivity contribution in [2.45, 2.75) is 13.3 Å². The number of esters is 1. The number of nitrogens with one attached hydrogen (secondary N) is 1. The van der Waals surface area contributed by atoms with Crippen LogP contribution in [0.1, 0.15) is 19.2 Å². The van der Waals surface area contributed by atoms with Crippen molar-refractivity contribution < 1.29 is 14.6 Å². The summed E-state index contributed by atoms with van der Waals surface area (Å²) < 4.78 is 4.79. The van der Waals surface area contributed by atoms with Crippen LogP contribution in [0.3, 0.4) is 0 Å². The van der Waals surface area contributed by atoms with Crippen LogP contribution in [0.15, 0.2) is 30.0 Å². The lowest BCUT2D eigenvalue weighted by atomic mass is 10.2. The number of hydrogen-bond donors (Lipinski definition) is 2. The topological polar surface area (TPSA) is 99.0 Å². The lowest BCUT2D eigenvalue weighted by molar-refractivity contribution is -0.142. The number of carbonyl (C=O) groups is 1. The van der Waals surface area contributed by atoms with Gasteiger partial charge < -0.3 is 14.8 Å². The highest BCUT2D eigenvalue weighted by molar-refractivity contribution is 5.82. The minimum atomic E-state index is -0.446. The molecule has 1 aromatic carbocycles. The quantitative estimate of drug-likeness (QED) is 0.505. The Balaban J connectivity index is 2.31. The maximum Gasteiger partial charge on any atom is 0.305 e. The van der Waals surface area contributed by atoms with E-state index in [2.05, 4.69) is 9.97 Å². The van der Waals surface area contributed by atoms with Gasteiger partial charge in [-0.1, -0.05) is 19.1 Å². The summed E-state index contributed by atoms with van der Waals surface area (Å²) >= 11 is 0. The minimum absolute atomic E-state index is 0.0369. The molecule has 1 heterocycles. The fraction of sp³-hybridized carbons (Fsp3) is 0.214. The molecule has 0 atom stereocenters. The first kappa shape index (κ1) is 13.6. The Labute approximate surface area is 115 Å². The number of ether oxygens (including phenoxy) is 1. The van der Waals surface area contributed by atoms with E-state index in [1.54, 1.807) is 13.0 Å². The molecule has 102 valence electrons. The summed E-state index contributed by atoms with van der Waals surface area (Å²) in [4.78, 5) is 18.2. The molecule has 6 heteroatoms. The highest BCUT2D eigenvalue weighted by atomic mass is 16.5. The highest BCUT2D eigenvalue weighted by Crippen LogP contribution is 2.18. The molecule has 0 saturated heterocycles. The third-order valence-electron chi connectivity index (χ3n) is 2.69. The smallest absolute Gasteiger partial charge is 0.305 e. The third-order valence-corrected chi connectivity index (χ3v) is 2.69. The maximum absolute atomic E-state index is 11.0. The van der Waals surface area contributed by atoms with E-state index in [9.17, 15) is 9.90 Å². The first-order valence-corrected chi connectivity index (χ1v) is 6.08. The molecule has 0 radical (unpaired) electrons. The molecule has 0 aliphatic heterocycles. The SMILES string of the molecule is CCC(=O)OC/C(O)=C(\C#N)c1nc2ccccc2[nH]1. The number of aliphatic hydroxyl groups excluding tert-OH is 1. The molecule has 0 unspecified atom stereocenters. The number of fused-ring (bicyclic) bond motifs is 1. The van der Waals surface area contributed by atoms with Gasteiger partial charge in [0.2, 0.25) is 0 Å². The average molecular weight is 271 g/mol. The lowest BCUT2D eigenvalue weighted by Gasteiger charge is -2.03. The molecule has 0 aliphatic rings. The second kappa shape index (κ2) is 5.89. The molecule has 2 rings (SSSR count). The molecule has 0 fully saturated rings. The van der Waals surface area contributed by atoms with Gasteiger partial charge in [0.15, 0.2) is 11.6 Å². The second-order valence-corrected chi connectivity index (χ2v) is 4.05. The monoisotopic (exact) mass is 271 g/mol. The van der Waals surface area contributed by atoms with Gasteiger partial charge in [0, 0.05) is 6.42 Å². The number of rotatable bonds is 4. The van der Waals surface area contributed by atoms with Gasteiger partial charge in [-0.25, -0.2) is 4.98 Å². The van der Waals surface area contributed by atoms with Crippen molar-refractivity contribution in [3.8, 4) is 6.07 Å². The number of aromatic nitrogens is 2. The van der Waals surface area contributed by atoms with E-state index >= 15 is 0 Å². The van der Waals surface area contributed by atoms with Gasteiger partial charge in [0.05, 0.1) is 11.0 Å². The highest BCUT2D eigenvalue weighted by Gasteiger charge is 2.14. The Morgan fingerprint density at radius 2 is 2.25 bits per heavy atom. The molecule has 2 aromatic rings. The van der Waals surface area contributed by atoms with Gasteiger partial charge in [-0.2, -0.15) is 5.26 Å². The third kappa shape index (κ3) is 2.78. The van der Waals surface area contributed by atoms with Gasteiger partial charge in [0.25, 0.3) is 0 Å². The minimum Gasteiger partial charge on any atom is -0.507 e. The van der Waals surface area contributed by atoms with Crippen molar-refractivity contribution in [3.63, 3.8) is 0 Å². The zero-order chi connectivity index (χ0) is 14.5. The molecule has 6 nitrogen and oxygen atoms in total. The van der Waals surface area contributed by atoms with Crippen LogP contribution >= 0.6 is 0 Å². The Hall–Kier alpha value is -2.81. The molecule has 0 saturated carbocycles. The number of imidazole rings is 1. The summed E-state index contributed by atoms with van der Waals surface area (Å²) in [5.41, 5.74) is 1.41. The van der Waals surface area contributed by atoms with Crippen LogP contribution in [0.4, 0.5) is 0 Å². The van der Waals surface area contributed by atoms with Gasteiger partial charge in [-0.3, -0.25) is 4.79 Å². The average Bonchev–Trinajstić information content (AvgIpc) is 2.88. The fourth-order valence-electron chi connectivity index (χ4n) is 1.65. The van der Waals surface area contributed by atoms with Crippen molar-refractivity contribution in [1.29, 1.82) is 5.26 Å². The Morgan fingerprint density at radius 3 is 2.90 bits per heavy atom. The largest absolute Gasteiger partial charge is 0.507 e. The molecule has 1 aromatic heterocycles. The van der Waals surface area contributed by atoms with Gasteiger partial charge in [-0.05, 0) is 12.1 Å². The predicted octanol–water partition coefficient (Wildman–Crippen LogP) is 2.31. The number of nitriles is 1. The number of allylic oxidation sites excluding steroid dienone is 1. The zero-order valence-corrected chi connectivity index (χ0v) is 10.9. The summed E-state index contributed by atoms with van der Waals surface area (Å²) in [5, 5.41) is 19.0. The Bertz CT molecular complexity index is 677. The van der Waals surface area contributed by atoms with E-state index in [1.807, 2.05) is 24.3 Å². The molecular formula is C14H13N3O3. The molecule has 2 N–H and O–H groups in total. The number of hydrogen-bond acceptors (Lipinski definition) is 5. The van der Waals surface area contributed by atoms with Crippen LogP contribution in [-0.2, 0) is 9.53 Å². The van der Waals surface area contributed by atoms with Gasteiger partial charge in [0.1, 0.15) is 18.2 Å². The van der Waals surface area contributed by atoms with Crippen molar-refractivity contribution >= 4 is 22.6 Å². The number of H-pyrrole nitrogens is 1. The normalized spacial score (nSPS) is 11.8. The number of aliphatic hydroxyl groups is 1. The number of aromatic amines is 1. The molecule has 0 amide bonds. The Kier molecular flexibility index (Phi) is 4.01. The first-order valence-electron chi connectivity index (χ1n) is 6.08. The van der Waals surface area contributed by atoms with E-state index < -0.39 is 5.97 Å². The first-order chi connectivity index (χ1) is 9.65. The maximum atomic E-state index is 11.0. The van der Waals surface area contributed by atoms with Crippen LogP contribution in [0, 0.1) is 11.3 Å². The predicted molar refractivity (Wildman–Crippen MR) is 72.5 cm³/mol. The van der Waals surface area contributed by atoms with Crippen molar-refractivity contribution in [1.82, 2.24) is 9.97 Å². The van der Waals surface area contributed by atoms with Crippen LogP contribution in [0.25, 0.3) is 16.6 Å². The van der Waals surface area contributed by atoms with Crippen LogP contribution in [-0.4, -0.2) is 27.7 Å². The molecule has 0 aliphatic carbocycles. The molecular weight excluding hydrogens is 258 g/mol. The van der Waals surface area contributed by atoms with E-state index in [0.29, 0.717) is 5.52 Å². The second-order valence-electron chi connectivity index (χ2n) is 4.05. The number of para-hydroxylation sites is 2. The van der Waals surface area contributed by atoms with Crippen LogP contribution in [0.5, 0.6) is 0 Å². The van der Waals surface area contributed by atoms with Gasteiger partial charge >= 0.3 is 5.97 Å². The molecule has 0 bridgehead atoms. The number of carbonyl (C=O) groups excluding carboxylic acids is 1. The van der Waals surface area contributed by atoms with E-state index in [0.717, 1.165) is 5.52 Å².